The third kappa shape index (κ3) is 8.63. The number of carbonyl (C=O) groups is 3. The minimum Gasteiger partial charge on any atom is -0.478 e. The van der Waals surface area contributed by atoms with Gasteiger partial charge < -0.3 is 24.5 Å². The molecule has 0 bridgehead atoms. The Morgan fingerprint density at radius 2 is 1.02 bits per heavy atom. The molecule has 8 aromatic rings. The number of esters is 2. The summed E-state index contributed by atoms with van der Waals surface area (Å²) in [4.78, 5) is 43.8. The molecular weight excluding hydrogens is 868 g/mol. The van der Waals surface area contributed by atoms with Crippen molar-refractivity contribution < 1.29 is 29.0 Å². The van der Waals surface area contributed by atoms with Gasteiger partial charge in [-0.05, 0) is 133 Å². The van der Waals surface area contributed by atoms with Gasteiger partial charge in [-0.1, -0.05) is 96.0 Å². The summed E-state index contributed by atoms with van der Waals surface area (Å²) >= 11 is 13.7. The van der Waals surface area contributed by atoms with Crippen molar-refractivity contribution in [2.45, 2.75) is 70.1 Å². The molecular formula is C56H48Cl2N2O6. The van der Waals surface area contributed by atoms with Gasteiger partial charge in [0.15, 0.2) is 0 Å². The smallest absolute Gasteiger partial charge is 0.338 e. The van der Waals surface area contributed by atoms with Crippen LogP contribution in [0.15, 0.2) is 121 Å². The Bertz CT molecular complexity index is 3230. The summed E-state index contributed by atoms with van der Waals surface area (Å²) in [7, 11) is 0. The number of aromatic carboxylic acids is 1. The Labute approximate surface area is 392 Å². The number of hydrogen-bond donors (Lipinski definition) is 3. The molecule has 10 heteroatoms. The molecule has 2 heterocycles. The van der Waals surface area contributed by atoms with Gasteiger partial charge in [-0.3, -0.25) is 4.79 Å². The molecule has 66 heavy (non-hydrogen) atoms. The van der Waals surface area contributed by atoms with Crippen LogP contribution >= 0.6 is 23.2 Å². The second kappa shape index (κ2) is 17.0. The van der Waals surface area contributed by atoms with E-state index in [2.05, 4.69) is 88.8 Å². The first-order chi connectivity index (χ1) is 31.7. The molecule has 2 aliphatic rings. The number of halogens is 2. The number of nitrogens with one attached hydrogen (secondary N) is 2. The molecule has 0 spiro atoms. The molecule has 0 atom stereocenters. The van der Waals surface area contributed by atoms with Gasteiger partial charge in [0.2, 0.25) is 0 Å². The Balaban J connectivity index is 0.789. The van der Waals surface area contributed by atoms with Crippen LogP contribution < -0.4 is 0 Å². The lowest BCUT2D eigenvalue weighted by Crippen LogP contribution is -2.19. The first kappa shape index (κ1) is 43.3. The van der Waals surface area contributed by atoms with Gasteiger partial charge in [-0.2, -0.15) is 0 Å². The van der Waals surface area contributed by atoms with E-state index in [9.17, 15) is 19.5 Å². The van der Waals surface area contributed by atoms with Gasteiger partial charge in [0.05, 0.1) is 21.2 Å². The number of H-pyrrole nitrogens is 2. The average Bonchev–Trinajstić information content (AvgIpc) is 4.20. The van der Waals surface area contributed by atoms with Gasteiger partial charge in [0.25, 0.3) is 0 Å². The summed E-state index contributed by atoms with van der Waals surface area (Å²) < 4.78 is 11.4. The Kier molecular flexibility index (Phi) is 11.1. The Morgan fingerprint density at radius 1 is 0.576 bits per heavy atom. The monoisotopic (exact) mass is 914 g/mol. The number of hydrogen-bond acceptors (Lipinski definition) is 5. The maximum absolute atomic E-state index is 13.7. The van der Waals surface area contributed by atoms with E-state index in [1.165, 1.54) is 12.5 Å². The van der Waals surface area contributed by atoms with Crippen LogP contribution in [0.25, 0.3) is 44.1 Å². The predicted molar refractivity (Wildman–Crippen MR) is 261 cm³/mol. The lowest BCUT2D eigenvalue weighted by molar-refractivity contribution is -0.141. The molecule has 2 aromatic heterocycles. The normalized spacial score (nSPS) is 14.6. The van der Waals surface area contributed by atoms with Gasteiger partial charge in [0, 0.05) is 74.9 Å². The molecule has 2 fully saturated rings. The molecule has 0 saturated heterocycles. The summed E-state index contributed by atoms with van der Waals surface area (Å²) in [5.74, 6) is -1.51. The van der Waals surface area contributed by atoms with E-state index in [-0.39, 0.29) is 22.8 Å². The molecule has 0 unspecified atom stereocenters. The van der Waals surface area contributed by atoms with Crippen LogP contribution in [-0.2, 0) is 37.9 Å². The Morgan fingerprint density at radius 3 is 1.45 bits per heavy atom. The summed E-state index contributed by atoms with van der Waals surface area (Å²) in [5.41, 5.74) is 14.1. The van der Waals surface area contributed by atoms with Crippen LogP contribution in [0, 0.1) is 13.8 Å². The fraction of sp³-hybridized carbons (Fsp3) is 0.232. The van der Waals surface area contributed by atoms with Crippen molar-refractivity contribution in [3.05, 3.63) is 187 Å². The van der Waals surface area contributed by atoms with E-state index in [1.807, 2.05) is 43.3 Å². The highest BCUT2D eigenvalue weighted by atomic mass is 35.5. The third-order valence-electron chi connectivity index (χ3n) is 13.7. The first-order valence-corrected chi connectivity index (χ1v) is 23.1. The Hall–Kier alpha value is -6.61. The molecule has 10 rings (SSSR count). The van der Waals surface area contributed by atoms with Crippen LogP contribution in [0.1, 0.15) is 98.1 Å². The summed E-state index contributed by atoms with van der Waals surface area (Å²) in [6.07, 6.45) is 5.04. The van der Waals surface area contributed by atoms with E-state index in [0.717, 1.165) is 109 Å². The number of carbonyl (C=O) groups excluding carboxylic acids is 2. The molecule has 332 valence electrons. The number of aromatic nitrogens is 2. The first-order valence-electron chi connectivity index (χ1n) is 22.3. The average molecular weight is 916 g/mol. The van der Waals surface area contributed by atoms with Gasteiger partial charge >= 0.3 is 17.9 Å². The van der Waals surface area contributed by atoms with Gasteiger partial charge in [-0.25, -0.2) is 9.59 Å². The van der Waals surface area contributed by atoms with Crippen LogP contribution in [0.5, 0.6) is 0 Å². The van der Waals surface area contributed by atoms with Crippen molar-refractivity contribution in [2.75, 3.05) is 13.2 Å². The summed E-state index contributed by atoms with van der Waals surface area (Å²) in [5, 5.41) is 12.9. The molecule has 3 N–H and O–H groups in total. The summed E-state index contributed by atoms with van der Waals surface area (Å²) in [6, 6.07) is 40.7. The van der Waals surface area contributed by atoms with E-state index in [0.29, 0.717) is 47.2 Å². The number of carboxylic acid groups (broad SMARTS) is 1. The van der Waals surface area contributed by atoms with E-state index >= 15 is 0 Å². The second-order valence-corrected chi connectivity index (χ2v) is 19.3. The van der Waals surface area contributed by atoms with Crippen molar-refractivity contribution in [3.63, 3.8) is 0 Å². The standard InChI is InChI=1S/C56H48Cl2N2O6/c1-32-4-6-35(22-45(32)53(62)63)20-43-24-39-26-48(49(57)28-51(39)59-43)38-10-14-42(15-11-38)56(18-19-56)31-66-54(64)46-23-36(7-5-33(46)2)21-44-25-40-27-47(50(58)29-52(40)60-44)37-8-12-41(13-9-37)55(16-17-55)30-65-34(3)61/h4-15,22-29,59-60H,16-21,30-31H2,1-3H3,(H,62,63). The van der Waals surface area contributed by atoms with Gasteiger partial charge in [-0.15, -0.1) is 0 Å². The lowest BCUT2D eigenvalue weighted by Gasteiger charge is -2.17. The zero-order valence-corrected chi connectivity index (χ0v) is 38.5. The molecule has 6 aromatic carbocycles. The maximum atomic E-state index is 13.7. The van der Waals surface area contributed by atoms with Crippen molar-refractivity contribution in [1.29, 1.82) is 0 Å². The molecule has 0 aliphatic heterocycles. The quantitative estimate of drug-likeness (QED) is 0.0934. The number of aromatic amines is 2. The zero-order valence-electron chi connectivity index (χ0n) is 36.9. The van der Waals surface area contributed by atoms with Crippen LogP contribution in [0.2, 0.25) is 10.0 Å². The van der Waals surface area contributed by atoms with Crippen LogP contribution in [0.3, 0.4) is 0 Å². The van der Waals surface area contributed by atoms with E-state index in [1.54, 1.807) is 13.0 Å². The molecule has 2 saturated carbocycles. The van der Waals surface area contributed by atoms with Crippen molar-refractivity contribution in [3.8, 4) is 22.3 Å². The highest BCUT2D eigenvalue weighted by molar-refractivity contribution is 6.34. The largest absolute Gasteiger partial charge is 0.478 e. The number of benzene rings is 6. The minimum absolute atomic E-state index is 0.0814. The number of aryl methyl sites for hydroxylation is 2. The number of rotatable bonds is 14. The number of ether oxygens (including phenoxy) is 2. The maximum Gasteiger partial charge on any atom is 0.338 e. The third-order valence-corrected chi connectivity index (χ3v) is 14.4. The fourth-order valence-corrected chi connectivity index (χ4v) is 9.92. The van der Waals surface area contributed by atoms with Crippen LogP contribution in [-0.4, -0.2) is 46.2 Å². The minimum atomic E-state index is -0.929. The van der Waals surface area contributed by atoms with Crippen molar-refractivity contribution in [1.82, 2.24) is 9.97 Å². The predicted octanol–water partition coefficient (Wildman–Crippen LogP) is 13.3. The highest BCUT2D eigenvalue weighted by Gasteiger charge is 2.46. The zero-order chi connectivity index (χ0) is 45.9. The van der Waals surface area contributed by atoms with Crippen LogP contribution in [0.4, 0.5) is 0 Å². The number of fused-ring (bicyclic) bond motifs is 2. The number of carboxylic acids is 1. The molecule has 0 radical (unpaired) electrons. The van der Waals surface area contributed by atoms with Gasteiger partial charge in [0.1, 0.15) is 13.2 Å². The topological polar surface area (TPSA) is 121 Å². The van der Waals surface area contributed by atoms with Crippen molar-refractivity contribution in [2.24, 2.45) is 0 Å². The fourth-order valence-electron chi connectivity index (χ4n) is 9.37. The summed E-state index contributed by atoms with van der Waals surface area (Å²) in [6.45, 7) is 5.90. The van der Waals surface area contributed by atoms with E-state index < -0.39 is 5.97 Å². The second-order valence-electron chi connectivity index (χ2n) is 18.5. The molecule has 8 nitrogen and oxygen atoms in total. The highest BCUT2D eigenvalue weighted by Crippen LogP contribution is 2.50. The van der Waals surface area contributed by atoms with Crippen molar-refractivity contribution >= 4 is 62.9 Å². The lowest BCUT2D eigenvalue weighted by atomic mass is 9.94. The SMILES string of the molecule is CC(=O)OCC1(c2ccc(-c3cc4cc(Cc5ccc(C)c(C(=O)OCC6(c7ccc(-c8cc9cc(Cc%10ccc(C)c(C(=O)O)c%10)[nH]c9cc8Cl)cc7)CC6)c5)[nH]c4cc3Cl)cc2)CC1. The molecule has 0 amide bonds. The molecule has 2 aliphatic carbocycles. The van der Waals surface area contributed by atoms with E-state index in [4.69, 9.17) is 32.7 Å².